The average Bonchev–Trinajstić information content (AvgIpc) is 2.58. The molecule has 1 aromatic rings. The quantitative estimate of drug-likeness (QED) is 0.887. The Balaban J connectivity index is 0.00000192. The van der Waals surface area contributed by atoms with Gasteiger partial charge in [-0.05, 0) is 56.0 Å². The molecule has 3 nitrogen and oxygen atoms in total. The monoisotopic (exact) mass is 336 g/mol. The number of rotatable bonds is 3. The molecule has 23 heavy (non-hydrogen) atoms. The highest BCUT2D eigenvalue weighted by molar-refractivity contribution is 5.85. The summed E-state index contributed by atoms with van der Waals surface area (Å²) in [5.74, 6) is 1.73. The Morgan fingerprint density at radius 1 is 1.09 bits per heavy atom. The predicted octanol–water partition coefficient (Wildman–Crippen LogP) is 3.50. The van der Waals surface area contributed by atoms with Crippen LogP contribution in [0.2, 0.25) is 0 Å². The Morgan fingerprint density at radius 3 is 2.43 bits per heavy atom. The highest BCUT2D eigenvalue weighted by atomic mass is 35.5. The maximum absolute atomic E-state index is 12.5. The SMILES string of the molecule is CC1CCNCC1NC(=O)C1CCC(c2ccccc2)CC1.Cl. The van der Waals surface area contributed by atoms with E-state index in [1.165, 1.54) is 5.56 Å². The lowest BCUT2D eigenvalue weighted by molar-refractivity contribution is -0.127. The highest BCUT2D eigenvalue weighted by Crippen LogP contribution is 2.35. The molecule has 0 radical (unpaired) electrons. The van der Waals surface area contributed by atoms with Gasteiger partial charge in [-0.2, -0.15) is 0 Å². The number of hydrogen-bond acceptors (Lipinski definition) is 2. The van der Waals surface area contributed by atoms with Crippen LogP contribution >= 0.6 is 12.4 Å². The van der Waals surface area contributed by atoms with Crippen LogP contribution in [0.15, 0.2) is 30.3 Å². The first-order valence-electron chi connectivity index (χ1n) is 8.80. The molecule has 1 amide bonds. The van der Waals surface area contributed by atoms with Crippen LogP contribution in [0.25, 0.3) is 0 Å². The van der Waals surface area contributed by atoms with E-state index in [1.54, 1.807) is 0 Å². The van der Waals surface area contributed by atoms with Crippen molar-refractivity contribution in [2.24, 2.45) is 11.8 Å². The first-order chi connectivity index (χ1) is 10.7. The largest absolute Gasteiger partial charge is 0.352 e. The molecule has 2 fully saturated rings. The molecule has 3 rings (SSSR count). The van der Waals surface area contributed by atoms with Crippen LogP contribution in [0.1, 0.15) is 50.5 Å². The zero-order valence-electron chi connectivity index (χ0n) is 14.0. The molecule has 2 N–H and O–H groups in total. The van der Waals surface area contributed by atoms with Crippen molar-refractivity contribution in [3.8, 4) is 0 Å². The minimum Gasteiger partial charge on any atom is -0.352 e. The molecule has 1 heterocycles. The summed E-state index contributed by atoms with van der Waals surface area (Å²) in [7, 11) is 0. The number of halogens is 1. The second-order valence-electron chi connectivity index (χ2n) is 7.04. The maximum Gasteiger partial charge on any atom is 0.223 e. The van der Waals surface area contributed by atoms with Gasteiger partial charge in [0, 0.05) is 18.5 Å². The summed E-state index contributed by atoms with van der Waals surface area (Å²) in [6.07, 6.45) is 5.49. The molecule has 0 spiro atoms. The minimum absolute atomic E-state index is 0. The Bertz CT molecular complexity index is 485. The molecule has 4 heteroatoms. The maximum atomic E-state index is 12.5. The molecule has 1 aliphatic heterocycles. The van der Waals surface area contributed by atoms with Gasteiger partial charge in [-0.1, -0.05) is 37.3 Å². The number of carbonyl (C=O) groups is 1. The van der Waals surface area contributed by atoms with Crippen LogP contribution in [0, 0.1) is 11.8 Å². The van der Waals surface area contributed by atoms with E-state index in [1.807, 2.05) is 0 Å². The van der Waals surface area contributed by atoms with E-state index in [-0.39, 0.29) is 24.2 Å². The lowest BCUT2D eigenvalue weighted by Gasteiger charge is -2.33. The van der Waals surface area contributed by atoms with Crippen molar-refractivity contribution in [1.82, 2.24) is 10.6 Å². The summed E-state index contributed by atoms with van der Waals surface area (Å²) < 4.78 is 0. The van der Waals surface area contributed by atoms with Gasteiger partial charge < -0.3 is 10.6 Å². The zero-order valence-corrected chi connectivity index (χ0v) is 14.8. The number of piperidine rings is 1. The van der Waals surface area contributed by atoms with Crippen molar-refractivity contribution in [3.63, 3.8) is 0 Å². The van der Waals surface area contributed by atoms with E-state index in [2.05, 4.69) is 47.9 Å². The normalized spacial score (nSPS) is 31.0. The summed E-state index contributed by atoms with van der Waals surface area (Å²) in [4.78, 5) is 12.5. The predicted molar refractivity (Wildman–Crippen MR) is 97.0 cm³/mol. The molecule has 2 atom stereocenters. The van der Waals surface area contributed by atoms with Gasteiger partial charge in [0.05, 0.1) is 0 Å². The van der Waals surface area contributed by atoms with Gasteiger partial charge in [0.2, 0.25) is 5.91 Å². The molecule has 2 unspecified atom stereocenters. The third-order valence-corrected chi connectivity index (χ3v) is 5.52. The van der Waals surface area contributed by atoms with Crippen LogP contribution in [-0.2, 0) is 4.79 Å². The second-order valence-corrected chi connectivity index (χ2v) is 7.04. The van der Waals surface area contributed by atoms with Crippen LogP contribution < -0.4 is 10.6 Å². The van der Waals surface area contributed by atoms with Gasteiger partial charge in [-0.3, -0.25) is 4.79 Å². The van der Waals surface area contributed by atoms with Crippen LogP contribution in [0.5, 0.6) is 0 Å². The van der Waals surface area contributed by atoms with Crippen molar-refractivity contribution < 1.29 is 4.79 Å². The van der Waals surface area contributed by atoms with E-state index < -0.39 is 0 Å². The van der Waals surface area contributed by atoms with Crippen molar-refractivity contribution in [2.45, 2.75) is 51.0 Å². The third kappa shape index (κ3) is 4.71. The zero-order chi connectivity index (χ0) is 15.4. The van der Waals surface area contributed by atoms with Gasteiger partial charge >= 0.3 is 0 Å². The minimum atomic E-state index is 0. The lowest BCUT2D eigenvalue weighted by atomic mass is 9.78. The van der Waals surface area contributed by atoms with Crippen molar-refractivity contribution in [1.29, 1.82) is 0 Å². The van der Waals surface area contributed by atoms with E-state index in [4.69, 9.17) is 0 Å². The molecule has 1 saturated carbocycles. The fourth-order valence-electron chi connectivity index (χ4n) is 3.90. The number of carbonyl (C=O) groups excluding carboxylic acids is 1. The van der Waals surface area contributed by atoms with E-state index >= 15 is 0 Å². The van der Waals surface area contributed by atoms with Crippen molar-refractivity contribution in [2.75, 3.05) is 13.1 Å². The summed E-state index contributed by atoms with van der Waals surface area (Å²) >= 11 is 0. The molecule has 1 aromatic carbocycles. The Morgan fingerprint density at radius 2 is 1.78 bits per heavy atom. The Kier molecular flexibility index (Phi) is 6.91. The van der Waals surface area contributed by atoms with Crippen molar-refractivity contribution in [3.05, 3.63) is 35.9 Å². The van der Waals surface area contributed by atoms with E-state index in [9.17, 15) is 4.79 Å². The van der Waals surface area contributed by atoms with Gasteiger partial charge in [-0.15, -0.1) is 12.4 Å². The van der Waals surface area contributed by atoms with E-state index in [0.29, 0.717) is 17.9 Å². The number of benzene rings is 1. The molecule has 2 aliphatic rings. The molecule has 0 bridgehead atoms. The molecule has 1 saturated heterocycles. The second kappa shape index (κ2) is 8.70. The average molecular weight is 337 g/mol. The molecule has 128 valence electrons. The fraction of sp³-hybridized carbons (Fsp3) is 0.632. The fourth-order valence-corrected chi connectivity index (χ4v) is 3.90. The Hall–Kier alpha value is -1.06. The highest BCUT2D eigenvalue weighted by Gasteiger charge is 2.30. The first-order valence-corrected chi connectivity index (χ1v) is 8.80. The molecular weight excluding hydrogens is 308 g/mol. The summed E-state index contributed by atoms with van der Waals surface area (Å²) in [6.45, 7) is 4.25. The van der Waals surface area contributed by atoms with Crippen LogP contribution in [0.4, 0.5) is 0 Å². The molecular formula is C19H29ClN2O. The summed E-state index contributed by atoms with van der Waals surface area (Å²) in [5, 5.41) is 6.68. The molecule has 1 aliphatic carbocycles. The third-order valence-electron chi connectivity index (χ3n) is 5.52. The summed E-state index contributed by atoms with van der Waals surface area (Å²) in [6, 6.07) is 11.1. The van der Waals surface area contributed by atoms with Gasteiger partial charge in [0.15, 0.2) is 0 Å². The topological polar surface area (TPSA) is 41.1 Å². The van der Waals surface area contributed by atoms with Crippen LogP contribution in [-0.4, -0.2) is 25.0 Å². The van der Waals surface area contributed by atoms with Crippen LogP contribution in [0.3, 0.4) is 0 Å². The smallest absolute Gasteiger partial charge is 0.223 e. The Labute approximate surface area is 146 Å². The lowest BCUT2D eigenvalue weighted by Crippen LogP contribution is -2.51. The number of nitrogens with one attached hydrogen (secondary N) is 2. The van der Waals surface area contributed by atoms with Gasteiger partial charge in [-0.25, -0.2) is 0 Å². The van der Waals surface area contributed by atoms with Gasteiger partial charge in [0.1, 0.15) is 0 Å². The number of amides is 1. The van der Waals surface area contributed by atoms with E-state index in [0.717, 1.165) is 45.2 Å². The first kappa shape index (κ1) is 18.3. The summed E-state index contributed by atoms with van der Waals surface area (Å²) in [5.41, 5.74) is 1.44. The van der Waals surface area contributed by atoms with Gasteiger partial charge in [0.25, 0.3) is 0 Å². The standard InChI is InChI=1S/C19H28N2O.ClH/c1-14-11-12-20-13-18(14)21-19(22)17-9-7-16(8-10-17)15-5-3-2-4-6-15;/h2-6,14,16-18,20H,7-13H2,1H3,(H,21,22);1H. The molecule has 0 aromatic heterocycles. The number of hydrogen-bond donors (Lipinski definition) is 2. The van der Waals surface area contributed by atoms with Crippen molar-refractivity contribution >= 4 is 18.3 Å².